The van der Waals surface area contributed by atoms with Gasteiger partial charge in [-0.1, -0.05) is 26.3 Å². The maximum Gasteiger partial charge on any atom is 0.193 e. The van der Waals surface area contributed by atoms with Crippen LogP contribution in [-0.4, -0.2) is 64.3 Å². The van der Waals surface area contributed by atoms with Gasteiger partial charge >= 0.3 is 0 Å². The van der Waals surface area contributed by atoms with Gasteiger partial charge in [-0.2, -0.15) is 0 Å². The lowest BCUT2D eigenvalue weighted by atomic mass is 9.44. The summed E-state index contributed by atoms with van der Waals surface area (Å²) in [7, 11) is 0. The number of ether oxygens (including phenoxy) is 2. The fourth-order valence-corrected chi connectivity index (χ4v) is 8.00. The van der Waals surface area contributed by atoms with Crippen molar-refractivity contribution in [1.29, 1.82) is 0 Å². The Kier molecular flexibility index (Phi) is 5.12. The van der Waals surface area contributed by atoms with Gasteiger partial charge in [-0.05, 0) is 56.3 Å². The Bertz CT molecular complexity index is 949. The van der Waals surface area contributed by atoms with E-state index < -0.39 is 76.8 Å². The van der Waals surface area contributed by atoms with E-state index >= 15 is 8.78 Å². The van der Waals surface area contributed by atoms with Crippen LogP contribution in [0.2, 0.25) is 0 Å². The van der Waals surface area contributed by atoms with Gasteiger partial charge in [-0.15, -0.1) is 0 Å². The van der Waals surface area contributed by atoms with Gasteiger partial charge in [0, 0.05) is 16.7 Å². The van der Waals surface area contributed by atoms with Crippen molar-refractivity contribution in [2.75, 3.05) is 6.61 Å². The number of aliphatic hydroxyl groups excluding tert-OH is 2. The van der Waals surface area contributed by atoms with E-state index in [-0.39, 0.29) is 24.8 Å². The van der Waals surface area contributed by atoms with Crippen LogP contribution in [0.15, 0.2) is 23.8 Å². The van der Waals surface area contributed by atoms with Crippen molar-refractivity contribution < 1.29 is 38.1 Å². The highest BCUT2D eigenvalue weighted by Gasteiger charge is 2.79. The SMILES string of the molecule is CCCC1OC2CC3C4C[C@H](F)C5=CC(=O)C=CC5(C)[C@@]4(F)C(O)CC3(C)C2(C(=O)CO)O1. The Morgan fingerprint density at radius 3 is 2.67 bits per heavy atom. The smallest absolute Gasteiger partial charge is 0.193 e. The highest BCUT2D eigenvalue weighted by atomic mass is 19.1. The van der Waals surface area contributed by atoms with Gasteiger partial charge in [-0.25, -0.2) is 8.78 Å². The molecule has 0 spiro atoms. The number of Topliss-reactive ketones (excluding diaryl/α,β-unsaturated/α-hetero) is 1. The van der Waals surface area contributed by atoms with E-state index in [9.17, 15) is 19.8 Å². The third-order valence-corrected chi connectivity index (χ3v) is 9.50. The largest absolute Gasteiger partial charge is 0.390 e. The lowest BCUT2D eigenvalue weighted by molar-refractivity contribution is -0.234. The number of aliphatic hydroxyl groups is 2. The van der Waals surface area contributed by atoms with Gasteiger partial charge in [0.15, 0.2) is 29.1 Å². The Morgan fingerprint density at radius 2 is 2.00 bits per heavy atom. The summed E-state index contributed by atoms with van der Waals surface area (Å²) in [6, 6.07) is 0. The van der Waals surface area contributed by atoms with E-state index in [0.29, 0.717) is 6.42 Å². The first kappa shape index (κ1) is 23.3. The monoisotopic (exact) mass is 466 g/mol. The molecule has 6 nitrogen and oxygen atoms in total. The molecule has 8 unspecified atom stereocenters. The number of fused-ring (bicyclic) bond motifs is 7. The highest BCUT2D eigenvalue weighted by Crippen LogP contribution is 2.72. The maximum atomic E-state index is 17.2. The molecule has 10 atom stereocenters. The van der Waals surface area contributed by atoms with Gasteiger partial charge in [0.05, 0.1) is 12.2 Å². The first-order chi connectivity index (χ1) is 15.5. The van der Waals surface area contributed by atoms with E-state index in [4.69, 9.17) is 9.47 Å². The Balaban J connectivity index is 1.62. The second kappa shape index (κ2) is 7.26. The van der Waals surface area contributed by atoms with Crippen LogP contribution in [0.4, 0.5) is 8.78 Å². The van der Waals surface area contributed by atoms with Gasteiger partial charge in [0.2, 0.25) is 0 Å². The maximum absolute atomic E-state index is 17.2. The minimum absolute atomic E-state index is 0.0613. The van der Waals surface area contributed by atoms with E-state index in [0.717, 1.165) is 12.5 Å². The van der Waals surface area contributed by atoms with Crippen molar-refractivity contribution >= 4 is 11.6 Å². The van der Waals surface area contributed by atoms with Crippen molar-refractivity contribution in [2.24, 2.45) is 22.7 Å². The number of rotatable bonds is 4. The van der Waals surface area contributed by atoms with Gasteiger partial charge < -0.3 is 19.7 Å². The number of alkyl halides is 2. The predicted octanol–water partition coefficient (Wildman–Crippen LogP) is 2.76. The van der Waals surface area contributed by atoms with E-state index in [1.165, 1.54) is 12.2 Å². The summed E-state index contributed by atoms with van der Waals surface area (Å²) in [5.74, 6) is -2.38. The van der Waals surface area contributed by atoms with Crippen molar-refractivity contribution in [1.82, 2.24) is 0 Å². The lowest BCUT2D eigenvalue weighted by Gasteiger charge is -2.63. The fraction of sp³-hybridized carbons (Fsp3) is 0.760. The van der Waals surface area contributed by atoms with Crippen molar-refractivity contribution in [3.05, 3.63) is 23.8 Å². The number of carbonyl (C=O) groups excluding carboxylic acids is 2. The number of allylic oxidation sites excluding steroid dienone is 4. The van der Waals surface area contributed by atoms with Crippen LogP contribution in [0.5, 0.6) is 0 Å². The summed E-state index contributed by atoms with van der Waals surface area (Å²) < 4.78 is 45.0. The van der Waals surface area contributed by atoms with Crippen molar-refractivity contribution in [2.45, 2.75) is 88.8 Å². The minimum atomic E-state index is -2.23. The summed E-state index contributed by atoms with van der Waals surface area (Å²) in [4.78, 5) is 25.1. The van der Waals surface area contributed by atoms with Crippen molar-refractivity contribution in [3.63, 3.8) is 0 Å². The molecule has 5 rings (SSSR count). The molecule has 1 saturated heterocycles. The van der Waals surface area contributed by atoms with Gasteiger partial charge in [0.25, 0.3) is 0 Å². The molecule has 0 aromatic heterocycles. The predicted molar refractivity (Wildman–Crippen MR) is 113 cm³/mol. The summed E-state index contributed by atoms with van der Waals surface area (Å²) in [5, 5.41) is 21.2. The number of carbonyl (C=O) groups is 2. The zero-order valence-electron chi connectivity index (χ0n) is 19.2. The number of ketones is 2. The Morgan fingerprint density at radius 1 is 1.27 bits per heavy atom. The number of hydrogen-bond donors (Lipinski definition) is 2. The first-order valence-corrected chi connectivity index (χ1v) is 11.9. The molecule has 5 aliphatic rings. The molecular formula is C25H32F2O6. The Hall–Kier alpha value is -1.48. The summed E-state index contributed by atoms with van der Waals surface area (Å²) in [5.41, 5.74) is -6.22. The molecule has 0 bridgehead atoms. The fourth-order valence-electron chi connectivity index (χ4n) is 8.00. The standard InChI is InChI=1S/C25H32F2O6/c1-4-5-21-32-20-10-14-15-9-17(26)16-8-13(29)6-7-22(16,2)24(15,27)18(30)11-23(14,3)25(20,33-21)19(31)12-28/h6-8,14-15,17-18,20-21,28,30H,4-5,9-12H2,1-3H3/t14?,15?,17-,18?,20?,21?,22?,23?,24-,25?/m0/s1. The second-order valence-corrected chi connectivity index (χ2v) is 10.9. The molecule has 0 aromatic rings. The molecule has 2 N–H and O–H groups in total. The van der Waals surface area contributed by atoms with Crippen LogP contribution in [0.3, 0.4) is 0 Å². The first-order valence-electron chi connectivity index (χ1n) is 11.9. The molecule has 182 valence electrons. The molecule has 4 fully saturated rings. The zero-order chi connectivity index (χ0) is 24.0. The molecule has 1 heterocycles. The van der Waals surface area contributed by atoms with E-state index in [1.807, 2.05) is 6.92 Å². The van der Waals surface area contributed by atoms with Crippen LogP contribution >= 0.6 is 0 Å². The molecule has 0 aromatic carbocycles. The summed E-state index contributed by atoms with van der Waals surface area (Å²) in [6.45, 7) is 4.53. The van der Waals surface area contributed by atoms with Crippen LogP contribution < -0.4 is 0 Å². The molecule has 4 aliphatic carbocycles. The average molecular weight is 467 g/mol. The van der Waals surface area contributed by atoms with Gasteiger partial charge in [-0.3, -0.25) is 9.59 Å². The minimum Gasteiger partial charge on any atom is -0.390 e. The molecular weight excluding hydrogens is 434 g/mol. The zero-order valence-corrected chi connectivity index (χ0v) is 19.2. The molecule has 3 saturated carbocycles. The summed E-state index contributed by atoms with van der Waals surface area (Å²) in [6.07, 6.45) is 0.682. The van der Waals surface area contributed by atoms with Crippen LogP contribution in [0, 0.1) is 22.7 Å². The number of halogens is 2. The number of hydrogen-bond acceptors (Lipinski definition) is 6. The Labute approximate surface area is 192 Å². The van der Waals surface area contributed by atoms with E-state index in [2.05, 4.69) is 0 Å². The lowest BCUT2D eigenvalue weighted by Crippen LogP contribution is -2.70. The third-order valence-electron chi connectivity index (χ3n) is 9.50. The van der Waals surface area contributed by atoms with E-state index in [1.54, 1.807) is 13.8 Å². The highest BCUT2D eigenvalue weighted by molar-refractivity contribution is 6.01. The van der Waals surface area contributed by atoms with Crippen LogP contribution in [-0.2, 0) is 19.1 Å². The van der Waals surface area contributed by atoms with Crippen molar-refractivity contribution in [3.8, 4) is 0 Å². The summed E-state index contributed by atoms with van der Waals surface area (Å²) >= 11 is 0. The van der Waals surface area contributed by atoms with Gasteiger partial charge in [0.1, 0.15) is 12.8 Å². The third kappa shape index (κ3) is 2.61. The average Bonchev–Trinajstić information content (AvgIpc) is 3.24. The molecule has 0 amide bonds. The normalized spacial score (nSPS) is 52.6. The molecule has 1 aliphatic heterocycles. The molecule has 33 heavy (non-hydrogen) atoms. The topological polar surface area (TPSA) is 93.1 Å². The molecule has 0 radical (unpaired) electrons. The second-order valence-electron chi connectivity index (χ2n) is 10.9. The molecule has 8 heteroatoms. The quantitative estimate of drug-likeness (QED) is 0.662. The van der Waals surface area contributed by atoms with Crippen LogP contribution in [0.25, 0.3) is 0 Å². The van der Waals surface area contributed by atoms with Crippen LogP contribution in [0.1, 0.15) is 52.9 Å².